The van der Waals surface area contributed by atoms with E-state index in [-0.39, 0.29) is 11.8 Å². The van der Waals surface area contributed by atoms with Gasteiger partial charge in [0, 0.05) is 37.4 Å². The molecule has 0 aromatic heterocycles. The Kier molecular flexibility index (Phi) is 6.78. The number of benzene rings is 2. The van der Waals surface area contributed by atoms with Crippen LogP contribution in [0.3, 0.4) is 0 Å². The van der Waals surface area contributed by atoms with E-state index in [4.69, 9.17) is 29.4 Å². The van der Waals surface area contributed by atoms with Crippen LogP contribution in [0.4, 0.5) is 0 Å². The van der Waals surface area contributed by atoms with Crippen LogP contribution in [0, 0.1) is 11.3 Å². The predicted molar refractivity (Wildman–Crippen MR) is 131 cm³/mol. The molecule has 0 fully saturated rings. The van der Waals surface area contributed by atoms with Gasteiger partial charge in [0.1, 0.15) is 17.4 Å². The monoisotopic (exact) mass is 475 g/mol. The average Bonchev–Trinajstić information content (AvgIpc) is 2.87. The summed E-state index contributed by atoms with van der Waals surface area (Å²) >= 11 is 0. The quantitative estimate of drug-likeness (QED) is 0.645. The third kappa shape index (κ3) is 4.45. The second kappa shape index (κ2) is 9.94. The van der Waals surface area contributed by atoms with Crippen LogP contribution >= 0.6 is 0 Å². The summed E-state index contributed by atoms with van der Waals surface area (Å²) in [6.45, 7) is 0.586. The lowest BCUT2D eigenvalue weighted by molar-refractivity contribution is 0.270. The minimum Gasteiger partial charge on any atom is -0.493 e. The Labute approximate surface area is 205 Å². The molecule has 0 bridgehead atoms. The smallest absolute Gasteiger partial charge is 0.205 e. The van der Waals surface area contributed by atoms with Crippen LogP contribution in [0.1, 0.15) is 17.0 Å². The Hall–Kier alpha value is -4.25. The summed E-state index contributed by atoms with van der Waals surface area (Å²) < 4.78 is 27.8. The van der Waals surface area contributed by atoms with Crippen LogP contribution in [0.25, 0.3) is 0 Å². The lowest BCUT2D eigenvalue weighted by Crippen LogP contribution is -2.31. The van der Waals surface area contributed by atoms with Crippen molar-refractivity contribution in [1.82, 2.24) is 4.90 Å². The van der Waals surface area contributed by atoms with E-state index in [1.54, 1.807) is 28.4 Å². The molecule has 0 amide bonds. The molecular weight excluding hydrogens is 446 g/mol. The number of nitrogens with zero attached hydrogens (tertiary/aromatic N) is 2. The molecular formula is C27H29N3O5. The number of rotatable bonds is 7. The first kappa shape index (κ1) is 23.9. The molecule has 0 unspecified atom stereocenters. The van der Waals surface area contributed by atoms with Crippen LogP contribution in [-0.4, -0.2) is 46.9 Å². The van der Waals surface area contributed by atoms with Gasteiger partial charge in [0.15, 0.2) is 23.0 Å². The summed E-state index contributed by atoms with van der Waals surface area (Å²) in [6.07, 6.45) is 2.63. The highest BCUT2D eigenvalue weighted by atomic mass is 16.5. The Morgan fingerprint density at radius 3 is 2.23 bits per heavy atom. The summed E-state index contributed by atoms with van der Waals surface area (Å²) in [5, 5.41) is 9.98. The maximum absolute atomic E-state index is 9.98. The molecule has 0 saturated heterocycles. The van der Waals surface area contributed by atoms with Gasteiger partial charge in [0.05, 0.1) is 34.4 Å². The zero-order chi connectivity index (χ0) is 25.1. The number of nitrogens with two attached hydrogens (primary N) is 1. The van der Waals surface area contributed by atoms with Crippen LogP contribution in [0.2, 0.25) is 0 Å². The second-order valence-electron chi connectivity index (χ2n) is 8.33. The summed E-state index contributed by atoms with van der Waals surface area (Å²) in [5.74, 6) is 2.94. The van der Waals surface area contributed by atoms with Gasteiger partial charge in [0.2, 0.25) is 5.88 Å². The summed E-state index contributed by atoms with van der Waals surface area (Å²) in [4.78, 5) is 2.09. The van der Waals surface area contributed by atoms with E-state index in [9.17, 15) is 5.26 Å². The van der Waals surface area contributed by atoms with Crippen molar-refractivity contribution in [2.24, 2.45) is 5.73 Å². The van der Waals surface area contributed by atoms with Gasteiger partial charge in [-0.2, -0.15) is 5.26 Å². The van der Waals surface area contributed by atoms with E-state index < -0.39 is 0 Å². The van der Waals surface area contributed by atoms with Crippen molar-refractivity contribution in [2.75, 3.05) is 42.0 Å². The summed E-state index contributed by atoms with van der Waals surface area (Å²) in [6, 6.07) is 13.7. The van der Waals surface area contributed by atoms with Crippen molar-refractivity contribution < 1.29 is 23.7 Å². The van der Waals surface area contributed by atoms with Crippen molar-refractivity contribution in [3.05, 3.63) is 82.1 Å². The molecule has 0 aliphatic carbocycles. The van der Waals surface area contributed by atoms with Gasteiger partial charge in [-0.05, 0) is 35.4 Å². The predicted octanol–water partition coefficient (Wildman–Crippen LogP) is 3.85. The Morgan fingerprint density at radius 1 is 0.971 bits per heavy atom. The Balaban J connectivity index is 1.79. The molecule has 1 atom stereocenters. The molecule has 35 heavy (non-hydrogen) atoms. The molecule has 2 aliphatic heterocycles. The van der Waals surface area contributed by atoms with Crippen molar-refractivity contribution in [2.45, 2.75) is 12.3 Å². The van der Waals surface area contributed by atoms with Crippen LogP contribution < -0.4 is 24.7 Å². The molecule has 2 N–H and O–H groups in total. The van der Waals surface area contributed by atoms with Crippen molar-refractivity contribution in [1.29, 1.82) is 5.26 Å². The normalized spacial score (nSPS) is 17.2. The fraction of sp³-hybridized carbons (Fsp3) is 0.296. The number of hydrogen-bond donors (Lipinski definition) is 1. The zero-order valence-corrected chi connectivity index (χ0v) is 20.5. The van der Waals surface area contributed by atoms with Gasteiger partial charge in [-0.3, -0.25) is 0 Å². The topological polar surface area (TPSA) is 99.2 Å². The number of likely N-dealkylation sites (N-methyl/N-ethyl adjacent to an activating group) is 1. The third-order valence-electron chi connectivity index (χ3n) is 6.20. The highest BCUT2D eigenvalue weighted by Gasteiger charge is 2.36. The number of nitriles is 1. The molecule has 0 spiro atoms. The van der Waals surface area contributed by atoms with Gasteiger partial charge < -0.3 is 34.3 Å². The van der Waals surface area contributed by atoms with E-state index in [2.05, 4.69) is 11.0 Å². The van der Waals surface area contributed by atoms with E-state index in [1.165, 1.54) is 0 Å². The third-order valence-corrected chi connectivity index (χ3v) is 6.20. The van der Waals surface area contributed by atoms with Gasteiger partial charge in [-0.25, -0.2) is 0 Å². The number of allylic oxidation sites excluding steroid dienone is 2. The lowest BCUT2D eigenvalue weighted by Gasteiger charge is -2.36. The number of methoxy groups -OCH3 is 4. The average molecular weight is 476 g/mol. The highest BCUT2D eigenvalue weighted by molar-refractivity contribution is 5.57. The van der Waals surface area contributed by atoms with Crippen molar-refractivity contribution in [3.63, 3.8) is 0 Å². The maximum Gasteiger partial charge on any atom is 0.205 e. The van der Waals surface area contributed by atoms with Crippen molar-refractivity contribution >= 4 is 0 Å². The van der Waals surface area contributed by atoms with Gasteiger partial charge in [0.25, 0.3) is 0 Å². The van der Waals surface area contributed by atoms with Crippen LogP contribution in [-0.2, 0) is 11.2 Å². The SMILES string of the molecule is COc1ccc(CC2=CN(C)CC3=C2OC(N)=C(C#N)[C@@H]3c2ccc(OC)c(OC)c2)cc1OC. The van der Waals surface area contributed by atoms with E-state index in [0.717, 1.165) is 22.3 Å². The minimum absolute atomic E-state index is 0.105. The van der Waals surface area contributed by atoms with Crippen LogP contribution in [0.15, 0.2) is 71.0 Å². The molecule has 0 radical (unpaired) electrons. The first-order valence-electron chi connectivity index (χ1n) is 11.1. The minimum atomic E-state index is -0.375. The molecule has 2 aromatic rings. The van der Waals surface area contributed by atoms with Gasteiger partial charge in [-0.1, -0.05) is 12.1 Å². The fourth-order valence-corrected chi connectivity index (χ4v) is 4.61. The molecule has 182 valence electrons. The Bertz CT molecular complexity index is 1270. The highest BCUT2D eigenvalue weighted by Crippen LogP contribution is 2.45. The molecule has 8 nitrogen and oxygen atoms in total. The summed E-state index contributed by atoms with van der Waals surface area (Å²) in [5.41, 5.74) is 10.5. The van der Waals surface area contributed by atoms with Gasteiger partial charge >= 0.3 is 0 Å². The second-order valence-corrected chi connectivity index (χ2v) is 8.33. The van der Waals surface area contributed by atoms with E-state index >= 15 is 0 Å². The first-order chi connectivity index (χ1) is 16.9. The molecule has 2 heterocycles. The van der Waals surface area contributed by atoms with E-state index in [1.807, 2.05) is 49.6 Å². The molecule has 8 heteroatoms. The molecule has 2 aromatic carbocycles. The van der Waals surface area contributed by atoms with Crippen molar-refractivity contribution in [3.8, 4) is 29.1 Å². The fourth-order valence-electron chi connectivity index (χ4n) is 4.61. The number of hydrogen-bond acceptors (Lipinski definition) is 8. The summed E-state index contributed by atoms with van der Waals surface area (Å²) in [7, 11) is 8.40. The molecule has 2 aliphatic rings. The van der Waals surface area contributed by atoms with Crippen LogP contribution in [0.5, 0.6) is 23.0 Å². The first-order valence-corrected chi connectivity index (χ1v) is 11.1. The number of ether oxygens (including phenoxy) is 5. The zero-order valence-electron chi connectivity index (χ0n) is 20.5. The lowest BCUT2D eigenvalue weighted by atomic mass is 9.80. The Morgan fingerprint density at radius 2 is 1.60 bits per heavy atom. The molecule has 0 saturated carbocycles. The molecule has 4 rings (SSSR count). The van der Waals surface area contributed by atoms with E-state index in [0.29, 0.717) is 47.3 Å². The maximum atomic E-state index is 9.98. The largest absolute Gasteiger partial charge is 0.493 e. The van der Waals surface area contributed by atoms with Gasteiger partial charge in [-0.15, -0.1) is 0 Å². The standard InChI is InChI=1S/C27H29N3O5/c1-30-14-18(10-16-6-8-21(31-2)23(11-16)33-4)26-20(15-30)25(19(13-28)27(29)35-26)17-7-9-22(32-3)24(12-17)34-5/h6-9,11-12,14,25H,10,15,29H2,1-5H3/t25-/m0/s1.